The van der Waals surface area contributed by atoms with Crippen molar-refractivity contribution >= 4 is 5.71 Å². The zero-order chi connectivity index (χ0) is 18.9. The molecule has 1 saturated heterocycles. The third-order valence-electron chi connectivity index (χ3n) is 5.30. The zero-order valence-corrected chi connectivity index (χ0v) is 15.9. The first kappa shape index (κ1) is 18.2. The molecule has 0 amide bonds. The average molecular weight is 366 g/mol. The number of rotatable bonds is 4. The zero-order valence-electron chi connectivity index (χ0n) is 15.9. The molecule has 0 saturated carbocycles. The van der Waals surface area contributed by atoms with Crippen molar-refractivity contribution < 1.29 is 14.3 Å². The molecule has 0 radical (unpaired) electrons. The van der Waals surface area contributed by atoms with Crippen LogP contribution < -0.4 is 0 Å². The molecule has 0 aromatic heterocycles. The van der Waals surface area contributed by atoms with Crippen LogP contribution in [0.3, 0.4) is 0 Å². The van der Waals surface area contributed by atoms with E-state index in [4.69, 9.17) is 9.57 Å². The SMILES string of the molecule is CC1(C)N(O[C@@H]2CCCCO2)[C@H](c2ccccc2)C(c2ccccc2)=[N+]1[O-]. The van der Waals surface area contributed by atoms with Crippen molar-refractivity contribution in [2.75, 3.05) is 6.61 Å². The molecular weight excluding hydrogens is 340 g/mol. The topological polar surface area (TPSA) is 47.8 Å². The predicted octanol–water partition coefficient (Wildman–Crippen LogP) is 4.24. The molecule has 0 N–H and O–H groups in total. The van der Waals surface area contributed by atoms with Crippen LogP contribution in [-0.4, -0.2) is 34.1 Å². The van der Waals surface area contributed by atoms with Crippen LogP contribution in [0.25, 0.3) is 0 Å². The van der Waals surface area contributed by atoms with E-state index in [-0.39, 0.29) is 12.3 Å². The van der Waals surface area contributed by atoms with Gasteiger partial charge in [0.05, 0.1) is 0 Å². The van der Waals surface area contributed by atoms with Crippen molar-refractivity contribution in [1.82, 2.24) is 5.06 Å². The molecular formula is C22H26N2O3. The maximum atomic E-state index is 13.4. The second-order valence-electron chi connectivity index (χ2n) is 7.58. The van der Waals surface area contributed by atoms with Gasteiger partial charge in [0.15, 0.2) is 12.3 Å². The van der Waals surface area contributed by atoms with Crippen LogP contribution in [-0.2, 0) is 9.57 Å². The summed E-state index contributed by atoms with van der Waals surface area (Å²) < 4.78 is 6.89. The molecule has 0 unspecified atom stereocenters. The maximum absolute atomic E-state index is 13.4. The smallest absolute Gasteiger partial charge is 0.246 e. The molecule has 5 nitrogen and oxygen atoms in total. The van der Waals surface area contributed by atoms with E-state index in [1.807, 2.05) is 79.6 Å². The van der Waals surface area contributed by atoms with Gasteiger partial charge >= 0.3 is 0 Å². The second-order valence-corrected chi connectivity index (χ2v) is 7.58. The minimum Gasteiger partial charge on any atom is -0.622 e. The van der Waals surface area contributed by atoms with Crippen molar-refractivity contribution in [3.63, 3.8) is 0 Å². The Morgan fingerprint density at radius 2 is 1.70 bits per heavy atom. The van der Waals surface area contributed by atoms with Crippen LogP contribution in [0, 0.1) is 5.21 Å². The molecule has 2 heterocycles. The molecule has 0 bridgehead atoms. The van der Waals surface area contributed by atoms with Crippen LogP contribution in [0.4, 0.5) is 0 Å². The highest BCUT2D eigenvalue weighted by Crippen LogP contribution is 2.40. The fourth-order valence-corrected chi connectivity index (χ4v) is 3.85. The lowest BCUT2D eigenvalue weighted by molar-refractivity contribution is -0.588. The van der Waals surface area contributed by atoms with Gasteiger partial charge in [0.2, 0.25) is 11.4 Å². The van der Waals surface area contributed by atoms with Crippen LogP contribution >= 0.6 is 0 Å². The lowest BCUT2D eigenvalue weighted by atomic mass is 9.97. The molecule has 2 aliphatic rings. The van der Waals surface area contributed by atoms with Gasteiger partial charge in [-0.15, -0.1) is 5.06 Å². The molecule has 4 rings (SSSR count). The quantitative estimate of drug-likeness (QED) is 0.600. The van der Waals surface area contributed by atoms with E-state index in [0.29, 0.717) is 12.3 Å². The molecule has 2 aliphatic heterocycles. The lowest BCUT2D eigenvalue weighted by Gasteiger charge is -2.35. The Kier molecular flexibility index (Phi) is 5.00. The fourth-order valence-electron chi connectivity index (χ4n) is 3.85. The molecule has 27 heavy (non-hydrogen) atoms. The second kappa shape index (κ2) is 7.43. The Balaban J connectivity index is 1.78. The van der Waals surface area contributed by atoms with Crippen LogP contribution in [0.2, 0.25) is 0 Å². The minimum atomic E-state index is -0.855. The van der Waals surface area contributed by atoms with Crippen molar-refractivity contribution in [3.05, 3.63) is 77.0 Å². The Bertz CT molecular complexity index is 799. The summed E-state index contributed by atoms with van der Waals surface area (Å²) in [4.78, 5) is 6.31. The Hall–Kier alpha value is -2.21. The Morgan fingerprint density at radius 3 is 2.33 bits per heavy atom. The van der Waals surface area contributed by atoms with Gasteiger partial charge in [-0.25, -0.2) is 0 Å². The monoisotopic (exact) mass is 366 g/mol. The number of hydrogen-bond donors (Lipinski definition) is 0. The molecule has 142 valence electrons. The lowest BCUT2D eigenvalue weighted by Crippen LogP contribution is -2.48. The molecule has 1 fully saturated rings. The van der Waals surface area contributed by atoms with Gasteiger partial charge in [-0.05, 0) is 30.5 Å². The van der Waals surface area contributed by atoms with Crippen molar-refractivity contribution in [2.24, 2.45) is 0 Å². The average Bonchev–Trinajstić information content (AvgIpc) is 2.91. The van der Waals surface area contributed by atoms with Crippen molar-refractivity contribution in [1.29, 1.82) is 0 Å². The number of benzene rings is 2. The number of nitrogens with zero attached hydrogens (tertiary/aromatic N) is 2. The molecule has 0 aliphatic carbocycles. The van der Waals surface area contributed by atoms with E-state index in [2.05, 4.69) is 0 Å². The first-order valence-electron chi connectivity index (χ1n) is 9.61. The standard InChI is InChI=1S/C22H26N2O3/c1-22(2)23(25)20(17-11-5-3-6-12-17)21(18-13-7-4-8-14-18)24(22)27-19-15-9-10-16-26-19/h3-8,11-14,19,21H,9-10,15-16H2,1-2H3/t19-,21-/m1/s1. The van der Waals surface area contributed by atoms with Crippen LogP contribution in [0.5, 0.6) is 0 Å². The summed E-state index contributed by atoms with van der Waals surface area (Å²) in [5, 5.41) is 15.2. The fraction of sp³-hybridized carbons (Fsp3) is 0.409. The molecule has 2 atom stereocenters. The summed E-state index contributed by atoms with van der Waals surface area (Å²) in [7, 11) is 0. The third-order valence-corrected chi connectivity index (χ3v) is 5.30. The van der Waals surface area contributed by atoms with E-state index in [1.165, 1.54) is 0 Å². The van der Waals surface area contributed by atoms with Gasteiger partial charge in [-0.2, -0.15) is 4.74 Å². The third kappa shape index (κ3) is 3.38. The van der Waals surface area contributed by atoms with Crippen molar-refractivity contribution in [2.45, 2.75) is 51.1 Å². The van der Waals surface area contributed by atoms with Gasteiger partial charge in [-0.1, -0.05) is 48.5 Å². The Morgan fingerprint density at radius 1 is 1.04 bits per heavy atom. The van der Waals surface area contributed by atoms with Crippen molar-refractivity contribution in [3.8, 4) is 0 Å². The van der Waals surface area contributed by atoms with Gasteiger partial charge in [0.1, 0.15) is 0 Å². The maximum Gasteiger partial charge on any atom is 0.246 e. The molecule has 2 aromatic carbocycles. The Labute approximate surface area is 160 Å². The molecule has 2 aromatic rings. The number of hydroxylamine groups is 3. The van der Waals surface area contributed by atoms with E-state index >= 15 is 0 Å². The van der Waals surface area contributed by atoms with Gasteiger partial charge in [-0.3, -0.25) is 4.84 Å². The predicted molar refractivity (Wildman–Crippen MR) is 104 cm³/mol. The summed E-state index contributed by atoms with van der Waals surface area (Å²) in [6.45, 7) is 4.49. The number of ether oxygens (including phenoxy) is 1. The summed E-state index contributed by atoms with van der Waals surface area (Å²) in [6, 6.07) is 19.6. The summed E-state index contributed by atoms with van der Waals surface area (Å²) in [5.74, 6) is 0. The first-order valence-corrected chi connectivity index (χ1v) is 9.61. The molecule has 0 spiro atoms. The summed E-state index contributed by atoms with van der Waals surface area (Å²) in [5.41, 5.74) is 1.78. The van der Waals surface area contributed by atoms with Gasteiger partial charge in [0.25, 0.3) is 0 Å². The highest BCUT2D eigenvalue weighted by Gasteiger charge is 2.54. The normalized spacial score (nSPS) is 25.7. The number of hydrogen-bond acceptors (Lipinski definition) is 4. The van der Waals surface area contributed by atoms with Gasteiger partial charge in [0, 0.05) is 32.4 Å². The van der Waals surface area contributed by atoms with E-state index in [0.717, 1.165) is 35.1 Å². The summed E-state index contributed by atoms with van der Waals surface area (Å²) >= 11 is 0. The molecule has 5 heteroatoms. The van der Waals surface area contributed by atoms with Crippen LogP contribution in [0.1, 0.15) is 50.3 Å². The highest BCUT2D eigenvalue weighted by molar-refractivity contribution is 6.02. The van der Waals surface area contributed by atoms with E-state index in [9.17, 15) is 5.21 Å². The first-order chi connectivity index (χ1) is 13.1. The van der Waals surface area contributed by atoms with E-state index < -0.39 is 5.66 Å². The van der Waals surface area contributed by atoms with E-state index in [1.54, 1.807) is 0 Å². The van der Waals surface area contributed by atoms with Crippen LogP contribution in [0.15, 0.2) is 60.7 Å². The largest absolute Gasteiger partial charge is 0.622 e. The minimum absolute atomic E-state index is 0.299. The highest BCUT2D eigenvalue weighted by atomic mass is 16.8. The van der Waals surface area contributed by atoms with Gasteiger partial charge < -0.3 is 9.94 Å². The summed E-state index contributed by atoms with van der Waals surface area (Å²) in [6.07, 6.45) is 2.66.